The molecule has 344 valence electrons. The van der Waals surface area contributed by atoms with Gasteiger partial charge in [-0.1, -0.05) is 95.5 Å². The van der Waals surface area contributed by atoms with Gasteiger partial charge >= 0.3 is 0 Å². The van der Waals surface area contributed by atoms with Crippen LogP contribution in [0.15, 0.2) is 145 Å². The predicted molar refractivity (Wildman–Crippen MR) is 260 cm³/mol. The standard InChI is InChI=1S/C53H62N6S2.4HI/c1-54-48-26-11-13-28-50(48)60-52(54)30-15-20-42-32-36-56(46-24-9-7-22-44(42)46)34-17-38-58(3,4)40-19-41-59(5,6)39-18-35-57-37-33-43(45-23-8-10-25-47(45)57)21-16-31-53-55(2)49-27-12-14-29-51(49)61-53;;;;/h7-14,20-33,36-37,42-43H,17-19,34-35,38-41H2,1-6H3;4*1H/q+4;;;;/p-4. The number of allylic oxidation sites excluding steroid dienone is 4. The summed E-state index contributed by atoms with van der Waals surface area (Å²) in [5.41, 5.74) is 14.9. The van der Waals surface area contributed by atoms with Crippen molar-refractivity contribution < 1.29 is 114 Å². The molecule has 0 N–H and O–H groups in total. The van der Waals surface area contributed by atoms with Gasteiger partial charge in [-0.3, -0.25) is 0 Å². The van der Waals surface area contributed by atoms with Gasteiger partial charge in [-0.25, -0.2) is 0 Å². The summed E-state index contributed by atoms with van der Waals surface area (Å²) in [6.07, 6.45) is 21.4. The van der Waals surface area contributed by atoms with Gasteiger partial charge in [-0.2, -0.15) is 9.13 Å². The molecule has 65 heavy (non-hydrogen) atoms. The molecule has 8 rings (SSSR count). The number of hydrogen-bond donors (Lipinski definition) is 0. The van der Waals surface area contributed by atoms with Crippen molar-refractivity contribution in [2.45, 2.75) is 31.1 Å². The van der Waals surface area contributed by atoms with Gasteiger partial charge in [0.2, 0.25) is 11.0 Å². The van der Waals surface area contributed by atoms with E-state index in [1.54, 1.807) is 0 Å². The van der Waals surface area contributed by atoms with Crippen molar-refractivity contribution in [1.82, 2.24) is 0 Å². The summed E-state index contributed by atoms with van der Waals surface area (Å²) in [7, 11) is 13.9. The van der Waals surface area contributed by atoms with Crippen LogP contribution in [0, 0.1) is 0 Å². The molecule has 6 nitrogen and oxygen atoms in total. The molecule has 0 saturated heterocycles. The van der Waals surface area contributed by atoms with Crippen LogP contribution in [0.4, 0.5) is 11.4 Å². The van der Waals surface area contributed by atoms with E-state index in [1.165, 1.54) is 72.5 Å². The molecule has 4 heterocycles. The first kappa shape index (κ1) is 55.2. The molecule has 2 aliphatic heterocycles. The molecule has 6 aromatic rings. The minimum absolute atomic E-state index is 0. The predicted octanol–water partition coefficient (Wildman–Crippen LogP) is -1.62. The van der Waals surface area contributed by atoms with Crippen LogP contribution in [0.25, 0.3) is 32.6 Å². The second-order valence-electron chi connectivity index (χ2n) is 18.0. The lowest BCUT2D eigenvalue weighted by molar-refractivity contribution is -0.909. The fourth-order valence-corrected chi connectivity index (χ4v) is 11.0. The summed E-state index contributed by atoms with van der Waals surface area (Å²) >= 11 is 3.62. The van der Waals surface area contributed by atoms with E-state index in [-0.39, 0.29) is 108 Å². The number of para-hydroxylation sites is 4. The Labute approximate surface area is 464 Å². The molecule has 0 bridgehead atoms. The van der Waals surface area contributed by atoms with Gasteiger partial charge in [0, 0.05) is 80.1 Å². The number of fused-ring (bicyclic) bond motifs is 4. The van der Waals surface area contributed by atoms with Crippen LogP contribution in [0.5, 0.6) is 0 Å². The number of hydrogen-bond acceptors (Lipinski definition) is 4. The average Bonchev–Trinajstić information content (AvgIpc) is 3.76. The zero-order valence-corrected chi connectivity index (χ0v) is 48.6. The van der Waals surface area contributed by atoms with Gasteiger partial charge in [0.25, 0.3) is 10.0 Å². The summed E-state index contributed by atoms with van der Waals surface area (Å²) in [5.74, 6) is 0.434. The van der Waals surface area contributed by atoms with E-state index in [0.29, 0.717) is 0 Å². The van der Waals surface area contributed by atoms with Crippen LogP contribution in [-0.2, 0) is 14.1 Å². The van der Waals surface area contributed by atoms with Crippen molar-refractivity contribution >= 4 is 66.6 Å². The van der Waals surface area contributed by atoms with Crippen molar-refractivity contribution in [2.75, 3.05) is 77.3 Å². The molecular formula is C53H62I4N6S2. The number of benzene rings is 4. The smallest absolute Gasteiger partial charge is 0.270 e. The van der Waals surface area contributed by atoms with Gasteiger partial charge in [0.1, 0.15) is 23.5 Å². The number of aromatic nitrogens is 2. The summed E-state index contributed by atoms with van der Waals surface area (Å²) in [6, 6.07) is 34.9. The molecule has 2 atom stereocenters. The topological polar surface area (TPSA) is 14.2 Å². The molecule has 0 amide bonds. The Morgan fingerprint density at radius 3 is 1.31 bits per heavy atom. The zero-order chi connectivity index (χ0) is 42.4. The number of halogens is 4. The van der Waals surface area contributed by atoms with Crippen LogP contribution >= 0.6 is 22.7 Å². The van der Waals surface area contributed by atoms with Crippen molar-refractivity contribution in [2.24, 2.45) is 14.1 Å². The summed E-state index contributed by atoms with van der Waals surface area (Å²) in [5, 5.41) is 2.41. The second kappa shape index (κ2) is 25.3. The summed E-state index contributed by atoms with van der Waals surface area (Å²) in [6.45, 7) is 6.75. The first-order chi connectivity index (χ1) is 29.6. The Hall–Kier alpha value is -2.38. The van der Waals surface area contributed by atoms with Crippen LogP contribution in [-0.4, -0.2) is 76.4 Å². The monoisotopic (exact) mass is 1350 g/mol. The van der Waals surface area contributed by atoms with Crippen LogP contribution in [0.3, 0.4) is 0 Å². The van der Waals surface area contributed by atoms with E-state index in [9.17, 15) is 0 Å². The molecule has 4 aromatic carbocycles. The van der Waals surface area contributed by atoms with Crippen molar-refractivity contribution in [3.63, 3.8) is 0 Å². The van der Waals surface area contributed by atoms with Crippen molar-refractivity contribution in [3.05, 3.63) is 166 Å². The minimum Gasteiger partial charge on any atom is -1.00 e. The van der Waals surface area contributed by atoms with Crippen molar-refractivity contribution in [1.29, 1.82) is 0 Å². The Kier molecular flexibility index (Phi) is 21.5. The van der Waals surface area contributed by atoms with Crippen LogP contribution < -0.4 is 115 Å². The Morgan fingerprint density at radius 1 is 0.523 bits per heavy atom. The van der Waals surface area contributed by atoms with E-state index in [2.05, 4.69) is 219 Å². The maximum Gasteiger partial charge on any atom is 0.270 e. The largest absolute Gasteiger partial charge is 1.00 e. The SMILES string of the molecule is C[n+]1c(C=C=CC2C=CN(CCC[N+](C)(C)CCC[N+](C)(C)CCCN3C=CC(C=C=Cc4sc5ccccc5[n+]4C)c4ccccc43)c3ccccc32)sc2ccccc21.[I-].[I-].[I-].[I-]. The number of quaternary nitrogens is 2. The quantitative estimate of drug-likeness (QED) is 0.0502. The van der Waals surface area contributed by atoms with Gasteiger partial charge in [-0.05, 0) is 47.5 Å². The second-order valence-corrected chi connectivity index (χ2v) is 20.1. The molecule has 2 aromatic heterocycles. The van der Waals surface area contributed by atoms with E-state index >= 15 is 0 Å². The highest BCUT2D eigenvalue weighted by Gasteiger charge is 2.24. The van der Waals surface area contributed by atoms with Crippen LogP contribution in [0.1, 0.15) is 52.2 Å². The molecule has 0 aliphatic carbocycles. The van der Waals surface area contributed by atoms with Crippen LogP contribution in [0.2, 0.25) is 0 Å². The van der Waals surface area contributed by atoms with Gasteiger partial charge < -0.3 is 115 Å². The average molecular weight is 1350 g/mol. The Balaban J connectivity index is 0.00000231. The third kappa shape index (κ3) is 13.9. The number of rotatable bonds is 16. The molecule has 12 heteroatoms. The van der Waals surface area contributed by atoms with E-state index in [1.807, 2.05) is 22.7 Å². The molecule has 2 unspecified atom stereocenters. The first-order valence-corrected chi connectivity index (χ1v) is 23.5. The zero-order valence-electron chi connectivity index (χ0n) is 38.4. The third-order valence-corrected chi connectivity index (χ3v) is 14.8. The van der Waals surface area contributed by atoms with Gasteiger partial charge in [-0.15, -0.1) is 11.5 Å². The van der Waals surface area contributed by atoms with Crippen molar-refractivity contribution in [3.8, 4) is 0 Å². The van der Waals surface area contributed by atoms with E-state index in [0.717, 1.165) is 48.0 Å². The van der Waals surface area contributed by atoms with E-state index < -0.39 is 0 Å². The number of nitrogens with zero attached hydrogens (tertiary/aromatic N) is 6. The highest BCUT2D eigenvalue weighted by Crippen LogP contribution is 2.36. The normalized spacial score (nSPS) is 15.0. The van der Waals surface area contributed by atoms with Gasteiger partial charge in [0.15, 0.2) is 0 Å². The Morgan fingerprint density at radius 2 is 0.892 bits per heavy atom. The molecule has 0 fully saturated rings. The molecule has 0 spiro atoms. The fourth-order valence-electron chi connectivity index (χ4n) is 8.93. The number of anilines is 2. The molecular weight excluding hydrogens is 1290 g/mol. The molecule has 2 aliphatic rings. The molecule has 0 radical (unpaired) electrons. The maximum absolute atomic E-state index is 3.52. The summed E-state index contributed by atoms with van der Waals surface area (Å²) < 4.78 is 9.21. The highest BCUT2D eigenvalue weighted by atomic mass is 127. The lowest BCUT2D eigenvalue weighted by atomic mass is 9.94. The van der Waals surface area contributed by atoms with E-state index in [4.69, 9.17) is 0 Å². The number of aryl methyl sites for hydroxylation is 2. The lowest BCUT2D eigenvalue weighted by Gasteiger charge is -2.35. The summed E-state index contributed by atoms with van der Waals surface area (Å²) in [4.78, 5) is 4.90. The molecule has 0 saturated carbocycles. The maximum atomic E-state index is 3.52. The highest BCUT2D eigenvalue weighted by molar-refractivity contribution is 7.19. The van der Waals surface area contributed by atoms with Gasteiger partial charge in [0.05, 0.1) is 66.5 Å². The third-order valence-electron chi connectivity index (χ3n) is 12.5. The fraction of sp³-hybridized carbons (Fsp3) is 0.321. The lowest BCUT2D eigenvalue weighted by Crippen LogP contribution is -3.00. The number of thiazole rings is 2. The Bertz CT molecular complexity index is 2520. The first-order valence-electron chi connectivity index (χ1n) is 21.9. The minimum atomic E-state index is 0.